The lowest BCUT2D eigenvalue weighted by Crippen LogP contribution is -2.26. The van der Waals surface area contributed by atoms with Gasteiger partial charge in [-0.2, -0.15) is 0 Å². The number of hydrogen-bond donors (Lipinski definition) is 1. The second kappa shape index (κ2) is 7.19. The maximum Gasteiger partial charge on any atom is 0.307 e. The number of carbonyl (C=O) groups is 1. The van der Waals surface area contributed by atoms with Crippen LogP contribution in [0.4, 0.5) is 0 Å². The Morgan fingerprint density at radius 3 is 2.11 bits per heavy atom. The monoisotopic (exact) mass is 265 g/mol. The van der Waals surface area contributed by atoms with Crippen molar-refractivity contribution in [1.82, 2.24) is 14.9 Å². The molecule has 1 heterocycles. The van der Waals surface area contributed by atoms with E-state index in [9.17, 15) is 4.79 Å². The van der Waals surface area contributed by atoms with Crippen molar-refractivity contribution in [3.8, 4) is 0 Å². The Morgan fingerprint density at radius 1 is 1.16 bits per heavy atom. The fourth-order valence-electron chi connectivity index (χ4n) is 2.13. The lowest BCUT2D eigenvalue weighted by atomic mass is 10.1. The quantitative estimate of drug-likeness (QED) is 0.811. The zero-order valence-electron chi connectivity index (χ0n) is 12.2. The lowest BCUT2D eigenvalue weighted by molar-refractivity contribution is -0.136. The summed E-state index contributed by atoms with van der Waals surface area (Å²) in [5, 5.41) is 8.86. The molecule has 0 aliphatic carbocycles. The lowest BCUT2D eigenvalue weighted by Gasteiger charge is -2.17. The highest BCUT2D eigenvalue weighted by atomic mass is 16.4. The van der Waals surface area contributed by atoms with Crippen LogP contribution >= 0.6 is 0 Å². The van der Waals surface area contributed by atoms with Gasteiger partial charge in [-0.15, -0.1) is 0 Å². The summed E-state index contributed by atoms with van der Waals surface area (Å²) in [5.74, 6) is -0.0401. The topological polar surface area (TPSA) is 66.3 Å². The van der Waals surface area contributed by atoms with Crippen molar-refractivity contribution in [2.75, 3.05) is 19.6 Å². The van der Waals surface area contributed by atoms with Gasteiger partial charge in [-0.05, 0) is 26.9 Å². The minimum Gasteiger partial charge on any atom is -0.481 e. The van der Waals surface area contributed by atoms with Crippen LogP contribution in [0.1, 0.15) is 36.6 Å². The summed E-state index contributed by atoms with van der Waals surface area (Å²) in [6.07, 6.45) is 0.796. The molecule has 5 nitrogen and oxygen atoms in total. The molecule has 0 unspecified atom stereocenters. The van der Waals surface area contributed by atoms with Gasteiger partial charge < -0.3 is 10.0 Å². The molecule has 0 saturated heterocycles. The number of rotatable bonds is 7. The number of nitrogens with zero attached hydrogens (tertiary/aromatic N) is 3. The highest BCUT2D eigenvalue weighted by Gasteiger charge is 2.12. The molecule has 19 heavy (non-hydrogen) atoms. The first-order valence-corrected chi connectivity index (χ1v) is 6.75. The maximum absolute atomic E-state index is 10.8. The van der Waals surface area contributed by atoms with E-state index >= 15 is 0 Å². The molecule has 1 aromatic rings. The number of likely N-dealkylation sites (N-methyl/N-ethyl adjacent to an activating group) is 1. The van der Waals surface area contributed by atoms with Gasteiger partial charge in [0.15, 0.2) is 0 Å². The summed E-state index contributed by atoms with van der Waals surface area (Å²) >= 11 is 0. The normalized spacial score (nSPS) is 11.0. The average molecular weight is 265 g/mol. The van der Waals surface area contributed by atoms with Crippen molar-refractivity contribution in [3.63, 3.8) is 0 Å². The molecule has 1 aromatic heterocycles. The summed E-state index contributed by atoms with van der Waals surface area (Å²) in [7, 11) is 0. The van der Waals surface area contributed by atoms with Crippen LogP contribution in [0.3, 0.4) is 0 Å². The third-order valence-electron chi connectivity index (χ3n) is 3.34. The van der Waals surface area contributed by atoms with Crippen LogP contribution in [0.15, 0.2) is 0 Å². The first-order valence-electron chi connectivity index (χ1n) is 6.75. The van der Waals surface area contributed by atoms with Crippen LogP contribution in [0.5, 0.6) is 0 Å². The third kappa shape index (κ3) is 4.59. The molecular formula is C14H23N3O2. The first-order chi connectivity index (χ1) is 8.97. The Bertz CT molecular complexity index is 419. The van der Waals surface area contributed by atoms with Crippen molar-refractivity contribution in [2.45, 2.75) is 40.5 Å². The highest BCUT2D eigenvalue weighted by molar-refractivity contribution is 5.70. The van der Waals surface area contributed by atoms with E-state index in [0.29, 0.717) is 0 Å². The second-order valence-electron chi connectivity index (χ2n) is 4.64. The fourth-order valence-corrected chi connectivity index (χ4v) is 2.13. The number of hydrogen-bond acceptors (Lipinski definition) is 4. The number of carboxylic acid groups (broad SMARTS) is 1. The van der Waals surface area contributed by atoms with E-state index in [1.807, 2.05) is 13.8 Å². The van der Waals surface area contributed by atoms with Crippen LogP contribution in [0.25, 0.3) is 0 Å². The molecule has 0 bridgehead atoms. The maximum atomic E-state index is 10.8. The fraction of sp³-hybridized carbons (Fsp3) is 0.643. The summed E-state index contributed by atoms with van der Waals surface area (Å²) in [6, 6.07) is 0. The van der Waals surface area contributed by atoms with Gasteiger partial charge in [-0.3, -0.25) is 4.79 Å². The van der Waals surface area contributed by atoms with E-state index < -0.39 is 5.97 Å². The molecule has 106 valence electrons. The summed E-state index contributed by atoms with van der Waals surface area (Å²) in [5.41, 5.74) is 2.30. The second-order valence-corrected chi connectivity index (χ2v) is 4.64. The van der Waals surface area contributed by atoms with Crippen molar-refractivity contribution < 1.29 is 9.90 Å². The minimum atomic E-state index is -0.842. The zero-order valence-corrected chi connectivity index (χ0v) is 12.2. The van der Waals surface area contributed by atoms with Gasteiger partial charge in [0.25, 0.3) is 0 Å². The average Bonchev–Trinajstić information content (AvgIpc) is 2.35. The molecule has 0 aliphatic rings. The number of aromatic nitrogens is 2. The molecular weight excluding hydrogens is 242 g/mol. The van der Waals surface area contributed by atoms with Crippen molar-refractivity contribution in [1.29, 1.82) is 0 Å². The predicted octanol–water partition coefficient (Wildman–Crippen LogP) is 1.60. The molecule has 0 atom stereocenters. The molecule has 0 aromatic carbocycles. The molecule has 0 radical (unpaired) electrons. The van der Waals surface area contributed by atoms with Gasteiger partial charge >= 0.3 is 5.97 Å². The van der Waals surface area contributed by atoms with Crippen molar-refractivity contribution in [3.05, 3.63) is 22.8 Å². The molecule has 0 aliphatic heterocycles. The third-order valence-corrected chi connectivity index (χ3v) is 3.34. The van der Waals surface area contributed by atoms with E-state index in [4.69, 9.17) is 5.11 Å². The van der Waals surface area contributed by atoms with E-state index in [0.717, 1.165) is 48.8 Å². The molecule has 1 N–H and O–H groups in total. The van der Waals surface area contributed by atoms with Gasteiger partial charge in [0, 0.05) is 29.9 Å². The minimum absolute atomic E-state index is 0.00596. The highest BCUT2D eigenvalue weighted by Crippen LogP contribution is 2.11. The molecule has 0 fully saturated rings. The number of aliphatic carboxylic acids is 1. The molecule has 0 spiro atoms. The van der Waals surface area contributed by atoms with Gasteiger partial charge in [-0.25, -0.2) is 9.97 Å². The van der Waals surface area contributed by atoms with E-state index in [-0.39, 0.29) is 6.42 Å². The number of aryl methyl sites for hydroxylation is 2. The SMILES string of the molecule is CCN(CC)CCc1nc(C)c(CC(=O)O)c(C)n1. The van der Waals surface area contributed by atoms with E-state index in [2.05, 4.69) is 28.7 Å². The van der Waals surface area contributed by atoms with Crippen molar-refractivity contribution in [2.24, 2.45) is 0 Å². The van der Waals surface area contributed by atoms with Crippen LogP contribution in [0, 0.1) is 13.8 Å². The van der Waals surface area contributed by atoms with E-state index in [1.165, 1.54) is 0 Å². The van der Waals surface area contributed by atoms with Crippen LogP contribution in [-0.4, -0.2) is 45.6 Å². The Labute approximate surface area is 114 Å². The van der Waals surface area contributed by atoms with Gasteiger partial charge in [0.05, 0.1) is 6.42 Å². The Morgan fingerprint density at radius 2 is 1.68 bits per heavy atom. The van der Waals surface area contributed by atoms with Gasteiger partial charge in [0.2, 0.25) is 0 Å². The van der Waals surface area contributed by atoms with Gasteiger partial charge in [0.1, 0.15) is 5.82 Å². The Balaban J connectivity index is 2.80. The predicted molar refractivity (Wildman–Crippen MR) is 74.3 cm³/mol. The number of carboxylic acids is 1. The summed E-state index contributed by atoms with van der Waals surface area (Å²) in [4.78, 5) is 22.0. The zero-order chi connectivity index (χ0) is 14.4. The van der Waals surface area contributed by atoms with Crippen LogP contribution in [-0.2, 0) is 17.6 Å². The first kappa shape index (κ1) is 15.6. The largest absolute Gasteiger partial charge is 0.481 e. The molecule has 5 heteroatoms. The Hall–Kier alpha value is -1.49. The Kier molecular flexibility index (Phi) is 5.89. The van der Waals surface area contributed by atoms with Crippen LogP contribution in [0.2, 0.25) is 0 Å². The molecule has 0 saturated carbocycles. The van der Waals surface area contributed by atoms with E-state index in [1.54, 1.807) is 0 Å². The standard InChI is InChI=1S/C14H23N3O2/c1-5-17(6-2)8-7-13-15-10(3)12(9-14(18)19)11(4)16-13/h5-9H2,1-4H3,(H,18,19). The molecule has 0 amide bonds. The van der Waals surface area contributed by atoms with Crippen LogP contribution < -0.4 is 0 Å². The summed E-state index contributed by atoms with van der Waals surface area (Å²) in [6.45, 7) is 11.0. The summed E-state index contributed by atoms with van der Waals surface area (Å²) < 4.78 is 0. The van der Waals surface area contributed by atoms with Crippen molar-refractivity contribution >= 4 is 5.97 Å². The van der Waals surface area contributed by atoms with Gasteiger partial charge in [-0.1, -0.05) is 13.8 Å². The molecule has 1 rings (SSSR count). The smallest absolute Gasteiger partial charge is 0.307 e.